The van der Waals surface area contributed by atoms with E-state index in [1.54, 1.807) is 0 Å². The Bertz CT molecular complexity index is 1170. The first-order chi connectivity index (χ1) is 13.6. The van der Waals surface area contributed by atoms with E-state index in [0.29, 0.717) is 5.75 Å². The third-order valence-electron chi connectivity index (χ3n) is 5.12. The lowest BCUT2D eigenvalue weighted by atomic mass is 10.1. The van der Waals surface area contributed by atoms with E-state index in [0.717, 1.165) is 44.0 Å². The normalized spacial score (nSPS) is 11.1. The van der Waals surface area contributed by atoms with Crippen LogP contribution in [0.5, 0.6) is 0 Å². The van der Waals surface area contributed by atoms with Crippen molar-refractivity contribution in [3.8, 4) is 11.3 Å². The van der Waals surface area contributed by atoms with Gasteiger partial charge in [0.2, 0.25) is 0 Å². The van der Waals surface area contributed by atoms with Gasteiger partial charge >= 0.3 is 0 Å². The van der Waals surface area contributed by atoms with Gasteiger partial charge in [0.05, 0.1) is 5.75 Å². The van der Waals surface area contributed by atoms with Crippen molar-refractivity contribution in [2.45, 2.75) is 18.9 Å². The van der Waals surface area contributed by atoms with E-state index in [4.69, 9.17) is 0 Å². The van der Waals surface area contributed by atoms with E-state index in [-0.39, 0.29) is 5.78 Å². The van der Waals surface area contributed by atoms with Crippen LogP contribution in [-0.4, -0.2) is 26.3 Å². The van der Waals surface area contributed by atoms with Crippen molar-refractivity contribution in [3.63, 3.8) is 0 Å². The molecule has 0 atom stereocenters. The third-order valence-corrected chi connectivity index (χ3v) is 6.10. The van der Waals surface area contributed by atoms with Gasteiger partial charge in [0.1, 0.15) is 10.7 Å². The van der Waals surface area contributed by atoms with Gasteiger partial charge in [-0.25, -0.2) is 0 Å². The molecular weight excluding hydrogens is 366 g/mol. The zero-order valence-corrected chi connectivity index (χ0v) is 17.0. The first-order valence-electron chi connectivity index (χ1n) is 9.16. The van der Waals surface area contributed by atoms with Gasteiger partial charge in [-0.3, -0.25) is 4.79 Å². The molecule has 0 aliphatic heterocycles. The van der Waals surface area contributed by atoms with Crippen molar-refractivity contribution >= 4 is 28.3 Å². The molecule has 0 spiro atoms. The summed E-state index contributed by atoms with van der Waals surface area (Å²) >= 11 is 1.45. The maximum absolute atomic E-state index is 12.7. The lowest BCUT2D eigenvalue weighted by molar-refractivity contribution is 0.102. The summed E-state index contributed by atoms with van der Waals surface area (Å²) in [5.74, 6) is 0.456. The number of fused-ring (bicyclic) bond motifs is 1. The quantitative estimate of drug-likeness (QED) is 0.348. The fourth-order valence-corrected chi connectivity index (χ4v) is 4.20. The Balaban J connectivity index is 1.65. The number of aryl methyl sites for hydroxylation is 1. The Labute approximate surface area is 168 Å². The Hall–Kier alpha value is -2.92. The van der Waals surface area contributed by atoms with Crippen molar-refractivity contribution in [2.75, 3.05) is 5.75 Å². The molecule has 2 aromatic heterocycles. The molecule has 4 aromatic rings. The van der Waals surface area contributed by atoms with Crippen LogP contribution in [0.2, 0.25) is 0 Å². The maximum Gasteiger partial charge on any atom is 0.174 e. The summed E-state index contributed by atoms with van der Waals surface area (Å²) < 4.78 is 2.04. The summed E-state index contributed by atoms with van der Waals surface area (Å²) in [5, 5.41) is 11.8. The number of nitrogens with zero attached hydrogens (tertiary/aromatic N) is 3. The fraction of sp³-hybridized carbons (Fsp3) is 0.174. The van der Waals surface area contributed by atoms with Crippen LogP contribution in [0, 0.1) is 13.8 Å². The number of carbonyl (C=O) groups excluding carboxylic acids is 1. The van der Waals surface area contributed by atoms with Crippen molar-refractivity contribution < 1.29 is 4.79 Å². The van der Waals surface area contributed by atoms with E-state index >= 15 is 0 Å². The molecule has 2 heterocycles. The smallest absolute Gasteiger partial charge is 0.174 e. The number of benzene rings is 2. The van der Waals surface area contributed by atoms with Crippen LogP contribution in [0.1, 0.15) is 21.7 Å². The SMILES string of the molecule is Cc1cc(C(=O)CSc2nnc(-c3ccccc3)c3ccccc23)c(C)n1C. The predicted molar refractivity (Wildman–Crippen MR) is 115 cm³/mol. The molecule has 0 aliphatic rings. The van der Waals surface area contributed by atoms with Crippen LogP contribution in [0.4, 0.5) is 0 Å². The molecule has 0 saturated carbocycles. The number of thioether (sulfide) groups is 1. The molecule has 140 valence electrons. The largest absolute Gasteiger partial charge is 0.351 e. The van der Waals surface area contributed by atoms with Crippen molar-refractivity contribution in [1.82, 2.24) is 14.8 Å². The second-order valence-electron chi connectivity index (χ2n) is 6.82. The minimum Gasteiger partial charge on any atom is -0.351 e. The highest BCUT2D eigenvalue weighted by molar-refractivity contribution is 8.00. The van der Waals surface area contributed by atoms with E-state index < -0.39 is 0 Å². The average Bonchev–Trinajstić information content (AvgIpc) is 2.99. The first-order valence-corrected chi connectivity index (χ1v) is 10.1. The second kappa shape index (κ2) is 7.60. The Morgan fingerprint density at radius 1 is 0.964 bits per heavy atom. The fourth-order valence-electron chi connectivity index (χ4n) is 3.34. The van der Waals surface area contributed by atoms with E-state index in [1.807, 2.05) is 80.1 Å². The highest BCUT2D eigenvalue weighted by atomic mass is 32.2. The molecule has 0 fully saturated rings. The third kappa shape index (κ3) is 3.34. The van der Waals surface area contributed by atoms with Gasteiger partial charge < -0.3 is 4.57 Å². The molecule has 0 amide bonds. The number of hydrogen-bond acceptors (Lipinski definition) is 4. The van der Waals surface area contributed by atoms with Gasteiger partial charge in [0.15, 0.2) is 5.78 Å². The zero-order valence-electron chi connectivity index (χ0n) is 16.1. The molecule has 28 heavy (non-hydrogen) atoms. The molecule has 5 heteroatoms. The number of carbonyl (C=O) groups is 1. The van der Waals surface area contributed by atoms with E-state index in [1.165, 1.54) is 11.8 Å². The monoisotopic (exact) mass is 387 g/mol. The molecular formula is C23H21N3OS. The molecule has 0 saturated heterocycles. The molecule has 4 rings (SSSR count). The predicted octanol–water partition coefficient (Wildman–Crippen LogP) is 5.23. The van der Waals surface area contributed by atoms with Gasteiger partial charge in [-0.05, 0) is 19.9 Å². The van der Waals surface area contributed by atoms with Gasteiger partial charge in [0.25, 0.3) is 0 Å². The van der Waals surface area contributed by atoms with Crippen LogP contribution < -0.4 is 0 Å². The summed E-state index contributed by atoms with van der Waals surface area (Å²) in [6.45, 7) is 3.99. The molecule has 0 N–H and O–H groups in total. The molecule has 0 aliphatic carbocycles. The molecule has 0 bridgehead atoms. The number of aromatic nitrogens is 3. The van der Waals surface area contributed by atoms with Crippen LogP contribution in [0.15, 0.2) is 65.7 Å². The Morgan fingerprint density at radius 3 is 2.32 bits per heavy atom. The average molecular weight is 388 g/mol. The summed E-state index contributed by atoms with van der Waals surface area (Å²) in [4.78, 5) is 12.7. The van der Waals surface area contributed by atoms with Gasteiger partial charge in [-0.2, -0.15) is 0 Å². The molecule has 4 nitrogen and oxygen atoms in total. The maximum atomic E-state index is 12.7. The summed E-state index contributed by atoms with van der Waals surface area (Å²) in [6, 6.07) is 20.1. The first kappa shape index (κ1) is 18.4. The highest BCUT2D eigenvalue weighted by Crippen LogP contribution is 2.32. The van der Waals surface area contributed by atoms with Crippen LogP contribution in [-0.2, 0) is 7.05 Å². The molecule has 0 unspecified atom stereocenters. The van der Waals surface area contributed by atoms with Crippen LogP contribution in [0.3, 0.4) is 0 Å². The number of ketones is 1. The number of Topliss-reactive ketones (excluding diaryl/α,β-unsaturated/α-hetero) is 1. The van der Waals surface area contributed by atoms with Crippen LogP contribution in [0.25, 0.3) is 22.0 Å². The minimum atomic E-state index is 0.115. The highest BCUT2D eigenvalue weighted by Gasteiger charge is 2.16. The molecule has 0 radical (unpaired) electrons. The van der Waals surface area contributed by atoms with Crippen LogP contribution >= 0.6 is 11.8 Å². The van der Waals surface area contributed by atoms with Crippen molar-refractivity contribution in [3.05, 3.63) is 77.6 Å². The van der Waals surface area contributed by atoms with Crippen molar-refractivity contribution in [1.29, 1.82) is 0 Å². The number of hydrogen-bond donors (Lipinski definition) is 0. The zero-order chi connectivity index (χ0) is 19.7. The Kier molecular flexibility index (Phi) is 5.01. The van der Waals surface area contributed by atoms with Gasteiger partial charge in [-0.1, -0.05) is 66.4 Å². The van der Waals surface area contributed by atoms with E-state index in [2.05, 4.69) is 16.3 Å². The summed E-state index contributed by atoms with van der Waals surface area (Å²) in [7, 11) is 1.98. The van der Waals surface area contributed by atoms with Gasteiger partial charge in [0, 0.05) is 40.3 Å². The summed E-state index contributed by atoms with van der Waals surface area (Å²) in [6.07, 6.45) is 0. The Morgan fingerprint density at radius 2 is 1.64 bits per heavy atom. The standard InChI is InChI=1S/C23H21N3OS/c1-15-13-20(16(2)26(15)3)21(27)14-28-23-19-12-8-7-11-18(19)22(24-25-23)17-9-5-4-6-10-17/h4-13H,14H2,1-3H3. The lowest BCUT2D eigenvalue weighted by Crippen LogP contribution is -2.05. The summed E-state index contributed by atoms with van der Waals surface area (Å²) in [5.41, 5.74) is 4.77. The molecule has 2 aromatic carbocycles. The number of rotatable bonds is 5. The lowest BCUT2D eigenvalue weighted by Gasteiger charge is -2.09. The minimum absolute atomic E-state index is 0.115. The second-order valence-corrected chi connectivity index (χ2v) is 7.79. The van der Waals surface area contributed by atoms with Gasteiger partial charge in [-0.15, -0.1) is 10.2 Å². The van der Waals surface area contributed by atoms with Crippen molar-refractivity contribution in [2.24, 2.45) is 7.05 Å². The topological polar surface area (TPSA) is 47.8 Å². The van der Waals surface area contributed by atoms with E-state index in [9.17, 15) is 4.79 Å².